The number of anilines is 1. The third-order valence-electron chi connectivity index (χ3n) is 7.54. The van der Waals surface area contributed by atoms with Crippen molar-refractivity contribution in [3.05, 3.63) is 40.7 Å². The van der Waals surface area contributed by atoms with Crippen molar-refractivity contribution in [2.24, 2.45) is 5.10 Å². The Balaban J connectivity index is 1.99. The first kappa shape index (κ1) is 27.8. The first-order valence-corrected chi connectivity index (χ1v) is 13.9. The van der Waals surface area contributed by atoms with Gasteiger partial charge in [0.25, 0.3) is 0 Å². The average Bonchev–Trinajstić information content (AvgIpc) is 3.25. The number of hydrogen-bond acceptors (Lipinski definition) is 8. The monoisotopic (exact) mass is 540 g/mol. The highest BCUT2D eigenvalue weighted by molar-refractivity contribution is 7.16. The van der Waals surface area contributed by atoms with Crippen LogP contribution in [-0.4, -0.2) is 60.9 Å². The standard InChI is InChI=1S/C28H37N4O5P/c1-6-36-25(34)28(16-38,26(35)37-7-2)32(5)23-12-19-18-10-8-9-17-11-22(31-29-14-17)24(18)30-21(19)13-20(23)27(3,4)15-33/h12-15,29-30H,6-11,16,38H2,1-5H3. The zero-order valence-electron chi connectivity index (χ0n) is 22.8. The fourth-order valence-electron chi connectivity index (χ4n) is 5.32. The molecule has 1 aliphatic heterocycles. The maximum atomic E-state index is 13.4. The molecule has 9 nitrogen and oxygen atoms in total. The summed E-state index contributed by atoms with van der Waals surface area (Å²) in [5.74, 6) is -1.39. The number of carbonyl (C=O) groups excluding carboxylic acids is 3. The summed E-state index contributed by atoms with van der Waals surface area (Å²) in [7, 11) is 4.18. The highest BCUT2D eigenvalue weighted by atomic mass is 31.0. The van der Waals surface area contributed by atoms with E-state index in [0.29, 0.717) is 11.3 Å². The van der Waals surface area contributed by atoms with E-state index in [4.69, 9.17) is 9.47 Å². The van der Waals surface area contributed by atoms with E-state index in [9.17, 15) is 14.4 Å². The molecule has 0 fully saturated rings. The molecule has 2 N–H and O–H groups in total. The number of H-pyrrole nitrogens is 1. The lowest BCUT2D eigenvalue weighted by Gasteiger charge is -2.40. The molecule has 2 aliphatic rings. The number of likely N-dealkylation sites (N-methyl/N-ethyl adjacent to an activating group) is 1. The molecular formula is C28H37N4O5P. The number of aldehydes is 1. The van der Waals surface area contributed by atoms with Gasteiger partial charge in [-0.2, -0.15) is 5.10 Å². The third kappa shape index (κ3) is 4.62. The topological polar surface area (TPSA) is 113 Å². The zero-order valence-corrected chi connectivity index (χ0v) is 23.9. The van der Waals surface area contributed by atoms with E-state index in [1.807, 2.05) is 32.2 Å². The number of aromatic nitrogens is 1. The second-order valence-corrected chi connectivity index (χ2v) is 10.7. The number of nitrogens with one attached hydrogen (secondary N) is 2. The van der Waals surface area contributed by atoms with Gasteiger partial charge >= 0.3 is 11.9 Å². The van der Waals surface area contributed by atoms with E-state index in [-0.39, 0.29) is 19.4 Å². The molecule has 0 spiro atoms. The van der Waals surface area contributed by atoms with E-state index in [0.717, 1.165) is 59.8 Å². The van der Waals surface area contributed by atoms with Crippen LogP contribution in [0.2, 0.25) is 0 Å². The predicted molar refractivity (Wildman–Crippen MR) is 152 cm³/mol. The number of ether oxygens (including phenoxy) is 2. The molecule has 1 atom stereocenters. The minimum atomic E-state index is -1.75. The Morgan fingerprint density at radius 2 is 1.84 bits per heavy atom. The number of esters is 2. The van der Waals surface area contributed by atoms with Gasteiger partial charge in [-0.15, -0.1) is 9.24 Å². The molecule has 0 radical (unpaired) electrons. The van der Waals surface area contributed by atoms with Crippen molar-refractivity contribution < 1.29 is 23.9 Å². The summed E-state index contributed by atoms with van der Waals surface area (Å²) in [4.78, 5) is 44.3. The lowest BCUT2D eigenvalue weighted by Crippen LogP contribution is -2.62. The molecule has 0 amide bonds. The smallest absolute Gasteiger partial charge is 0.344 e. The van der Waals surface area contributed by atoms with Crippen molar-refractivity contribution in [3.8, 4) is 0 Å². The van der Waals surface area contributed by atoms with E-state index in [1.165, 1.54) is 5.57 Å². The van der Waals surface area contributed by atoms with Gasteiger partial charge in [0.2, 0.25) is 5.54 Å². The number of aryl methyl sites for hydroxylation is 1. The lowest BCUT2D eigenvalue weighted by atomic mass is 9.82. The summed E-state index contributed by atoms with van der Waals surface area (Å²) >= 11 is 0. The van der Waals surface area contributed by atoms with E-state index >= 15 is 0 Å². The van der Waals surface area contributed by atoms with Crippen molar-refractivity contribution in [2.75, 3.05) is 31.3 Å². The number of carbonyl (C=O) groups is 3. The summed E-state index contributed by atoms with van der Waals surface area (Å²) in [6.07, 6.45) is 6.47. The molecular weight excluding hydrogens is 503 g/mol. The quantitative estimate of drug-likeness (QED) is 0.216. The number of aromatic amines is 1. The second kappa shape index (κ2) is 10.9. The number of fused-ring (bicyclic) bond motifs is 6. The highest BCUT2D eigenvalue weighted by Crippen LogP contribution is 2.41. The molecule has 2 heterocycles. The first-order chi connectivity index (χ1) is 18.1. The van der Waals surface area contributed by atoms with Crippen molar-refractivity contribution >= 4 is 49.8 Å². The van der Waals surface area contributed by atoms with Gasteiger partial charge in [0.15, 0.2) is 0 Å². The van der Waals surface area contributed by atoms with E-state index in [2.05, 4.69) is 24.8 Å². The normalized spacial score (nSPS) is 15.3. The molecule has 4 rings (SSSR count). The summed E-state index contributed by atoms with van der Waals surface area (Å²) in [6.45, 7) is 7.26. The van der Waals surface area contributed by atoms with Crippen molar-refractivity contribution in [1.29, 1.82) is 0 Å². The van der Waals surface area contributed by atoms with E-state index in [1.54, 1.807) is 25.8 Å². The zero-order chi connectivity index (χ0) is 27.7. The molecule has 38 heavy (non-hydrogen) atoms. The highest BCUT2D eigenvalue weighted by Gasteiger charge is 2.52. The molecule has 2 aromatic rings. The fourth-order valence-corrected chi connectivity index (χ4v) is 5.93. The molecule has 1 unspecified atom stereocenters. The van der Waals surface area contributed by atoms with E-state index < -0.39 is 22.9 Å². The maximum absolute atomic E-state index is 13.4. The molecule has 2 bridgehead atoms. The molecule has 10 heteroatoms. The number of rotatable bonds is 9. The molecule has 1 aromatic heterocycles. The Bertz CT molecular complexity index is 1310. The lowest BCUT2D eigenvalue weighted by molar-refractivity contribution is -0.162. The van der Waals surface area contributed by atoms with Crippen LogP contribution in [0.3, 0.4) is 0 Å². The van der Waals surface area contributed by atoms with Gasteiger partial charge < -0.3 is 24.2 Å². The number of hydrogen-bond donors (Lipinski definition) is 2. The SMILES string of the molecule is CCOC(=O)C(CP)(C(=O)OCC)N(C)c1cc2c3c([nH]c2cc1C(C)(C)C=O)C1=NNC=C(CCC3)C1. The number of hydrazone groups is 1. The summed E-state index contributed by atoms with van der Waals surface area (Å²) in [5.41, 5.74) is 6.89. The van der Waals surface area contributed by atoms with Gasteiger partial charge in [0.1, 0.15) is 6.29 Å². The van der Waals surface area contributed by atoms with Crippen molar-refractivity contribution in [1.82, 2.24) is 10.4 Å². The van der Waals surface area contributed by atoms with Crippen LogP contribution in [0.1, 0.15) is 63.8 Å². The Morgan fingerprint density at radius 1 is 1.16 bits per heavy atom. The fraction of sp³-hybridized carbons (Fsp3) is 0.500. The number of nitrogens with zero attached hydrogens (tertiary/aromatic N) is 2. The minimum absolute atomic E-state index is 0.0446. The molecule has 1 aliphatic carbocycles. The van der Waals surface area contributed by atoms with Gasteiger partial charge in [0, 0.05) is 47.8 Å². The van der Waals surface area contributed by atoms with Crippen LogP contribution in [0.5, 0.6) is 0 Å². The van der Waals surface area contributed by atoms with Crippen molar-refractivity contribution in [3.63, 3.8) is 0 Å². The van der Waals surface area contributed by atoms with Crippen LogP contribution in [0.15, 0.2) is 29.0 Å². The molecule has 1 aromatic carbocycles. The van der Waals surface area contributed by atoms with Crippen LogP contribution in [0, 0.1) is 0 Å². The second-order valence-electron chi connectivity index (χ2n) is 10.3. The van der Waals surface area contributed by atoms with Crippen LogP contribution in [0.25, 0.3) is 10.9 Å². The van der Waals surface area contributed by atoms with Crippen molar-refractivity contribution in [2.45, 2.75) is 64.3 Å². The minimum Gasteiger partial charge on any atom is -0.464 e. The molecule has 0 saturated carbocycles. The Kier molecular flexibility index (Phi) is 7.98. The predicted octanol–water partition coefficient (Wildman–Crippen LogP) is 3.74. The third-order valence-corrected chi connectivity index (χ3v) is 8.13. The number of allylic oxidation sites excluding steroid dienone is 1. The summed E-state index contributed by atoms with van der Waals surface area (Å²) < 4.78 is 10.8. The van der Waals surface area contributed by atoms with Crippen LogP contribution < -0.4 is 10.3 Å². The molecule has 204 valence electrons. The average molecular weight is 541 g/mol. The van der Waals surface area contributed by atoms with Crippen LogP contribution >= 0.6 is 9.24 Å². The van der Waals surface area contributed by atoms with Gasteiger partial charge in [-0.3, -0.25) is 5.43 Å². The van der Waals surface area contributed by atoms with Gasteiger partial charge in [0.05, 0.1) is 24.6 Å². The largest absolute Gasteiger partial charge is 0.464 e. The van der Waals surface area contributed by atoms with Crippen LogP contribution in [0.4, 0.5) is 5.69 Å². The molecule has 0 saturated heterocycles. The number of benzene rings is 1. The Labute approximate surface area is 225 Å². The summed E-state index contributed by atoms with van der Waals surface area (Å²) in [5, 5.41) is 5.51. The first-order valence-electron chi connectivity index (χ1n) is 13.1. The Hall–Kier alpha value is -3.19. The van der Waals surface area contributed by atoms with Gasteiger partial charge in [-0.05, 0) is 75.8 Å². The summed E-state index contributed by atoms with van der Waals surface area (Å²) in [6, 6.07) is 3.94. The van der Waals surface area contributed by atoms with Gasteiger partial charge in [-0.1, -0.05) is 0 Å². The maximum Gasteiger partial charge on any atom is 0.344 e. The Morgan fingerprint density at radius 3 is 2.45 bits per heavy atom. The van der Waals surface area contributed by atoms with Gasteiger partial charge in [-0.25, -0.2) is 9.59 Å². The van der Waals surface area contributed by atoms with Crippen LogP contribution in [-0.2, 0) is 35.7 Å².